The summed E-state index contributed by atoms with van der Waals surface area (Å²) in [7, 11) is 0. The second-order valence-corrected chi connectivity index (χ2v) is 7.31. The standard InChI is InChI=1S/C24H24N2O4/c25-15-20(23(27)26-21-7-2-1-3-8-21)14-19-6-4-5-9-22(19)30-16-17-10-12-18(13-11-17)24(28)29/h4-6,9-14,21H,1-3,7-8,16H2,(H,26,27)(H,28,29)/b20-14+. The van der Waals surface area contributed by atoms with Crippen LogP contribution in [0.5, 0.6) is 5.75 Å². The highest BCUT2D eigenvalue weighted by Crippen LogP contribution is 2.23. The lowest BCUT2D eigenvalue weighted by atomic mass is 9.95. The number of carbonyl (C=O) groups excluding carboxylic acids is 1. The molecule has 0 radical (unpaired) electrons. The van der Waals surface area contributed by atoms with Crippen LogP contribution in [0.25, 0.3) is 6.08 Å². The Hall–Kier alpha value is -3.59. The molecule has 2 aromatic carbocycles. The average Bonchev–Trinajstić information content (AvgIpc) is 2.77. The molecule has 0 aromatic heterocycles. The number of aromatic carboxylic acids is 1. The second-order valence-electron chi connectivity index (χ2n) is 7.31. The first-order chi connectivity index (χ1) is 14.6. The van der Waals surface area contributed by atoms with E-state index in [1.807, 2.05) is 18.2 Å². The number of benzene rings is 2. The molecule has 30 heavy (non-hydrogen) atoms. The van der Waals surface area contributed by atoms with Crippen LogP contribution in [0.2, 0.25) is 0 Å². The van der Waals surface area contributed by atoms with E-state index in [-0.39, 0.29) is 29.7 Å². The number of rotatable bonds is 7. The topological polar surface area (TPSA) is 99.4 Å². The molecule has 6 heteroatoms. The van der Waals surface area contributed by atoms with Crippen LogP contribution < -0.4 is 10.1 Å². The van der Waals surface area contributed by atoms with Crippen LogP contribution in [0, 0.1) is 11.3 Å². The third-order valence-electron chi connectivity index (χ3n) is 5.12. The molecule has 0 aliphatic heterocycles. The number of nitriles is 1. The van der Waals surface area contributed by atoms with Gasteiger partial charge < -0.3 is 15.2 Å². The summed E-state index contributed by atoms with van der Waals surface area (Å²) in [5.41, 5.74) is 1.71. The predicted octanol–water partition coefficient (Wildman–Crippen LogP) is 4.32. The van der Waals surface area contributed by atoms with Crippen LogP contribution in [-0.2, 0) is 11.4 Å². The van der Waals surface area contributed by atoms with Crippen molar-refractivity contribution >= 4 is 18.0 Å². The van der Waals surface area contributed by atoms with Crippen molar-refractivity contribution in [3.63, 3.8) is 0 Å². The minimum atomic E-state index is -0.978. The highest BCUT2D eigenvalue weighted by atomic mass is 16.5. The molecule has 2 aromatic rings. The fourth-order valence-electron chi connectivity index (χ4n) is 3.45. The molecule has 1 amide bonds. The predicted molar refractivity (Wildman–Crippen MR) is 113 cm³/mol. The van der Waals surface area contributed by atoms with Crippen molar-refractivity contribution in [1.29, 1.82) is 5.26 Å². The Morgan fingerprint density at radius 2 is 1.80 bits per heavy atom. The SMILES string of the molecule is N#C/C(=C\c1ccccc1OCc1ccc(C(=O)O)cc1)C(=O)NC1CCCCC1. The van der Waals surface area contributed by atoms with Crippen LogP contribution in [0.4, 0.5) is 0 Å². The zero-order valence-corrected chi connectivity index (χ0v) is 16.6. The van der Waals surface area contributed by atoms with E-state index < -0.39 is 5.97 Å². The van der Waals surface area contributed by atoms with Gasteiger partial charge >= 0.3 is 5.97 Å². The first-order valence-corrected chi connectivity index (χ1v) is 10.0. The van der Waals surface area contributed by atoms with E-state index in [1.165, 1.54) is 18.6 Å². The van der Waals surface area contributed by atoms with Gasteiger partial charge in [-0.25, -0.2) is 4.79 Å². The van der Waals surface area contributed by atoms with Crippen molar-refractivity contribution in [2.24, 2.45) is 0 Å². The number of hydrogen-bond acceptors (Lipinski definition) is 4. The first-order valence-electron chi connectivity index (χ1n) is 10.0. The molecule has 3 rings (SSSR count). The quantitative estimate of drug-likeness (QED) is 0.529. The second kappa shape index (κ2) is 10.3. The molecule has 154 valence electrons. The number of carboxylic acids is 1. The smallest absolute Gasteiger partial charge is 0.335 e. The van der Waals surface area contributed by atoms with Gasteiger partial charge in [-0.3, -0.25) is 4.79 Å². The summed E-state index contributed by atoms with van der Waals surface area (Å²) in [6.45, 7) is 0.237. The Morgan fingerprint density at radius 1 is 1.10 bits per heavy atom. The van der Waals surface area contributed by atoms with Crippen molar-refractivity contribution in [1.82, 2.24) is 5.32 Å². The van der Waals surface area contributed by atoms with Crippen LogP contribution in [0.1, 0.15) is 53.6 Å². The molecule has 6 nitrogen and oxygen atoms in total. The summed E-state index contributed by atoms with van der Waals surface area (Å²) in [6.07, 6.45) is 6.83. The molecule has 0 spiro atoms. The normalized spacial score (nSPS) is 14.6. The fraction of sp³-hybridized carbons (Fsp3) is 0.292. The monoisotopic (exact) mass is 404 g/mol. The molecule has 0 atom stereocenters. The zero-order valence-electron chi connectivity index (χ0n) is 16.6. The van der Waals surface area contributed by atoms with Gasteiger partial charge in [0.2, 0.25) is 0 Å². The van der Waals surface area contributed by atoms with Gasteiger partial charge in [0.1, 0.15) is 24.0 Å². The van der Waals surface area contributed by atoms with Gasteiger partial charge in [-0.05, 0) is 42.7 Å². The Labute approximate surface area is 175 Å². The van der Waals surface area contributed by atoms with Gasteiger partial charge in [-0.1, -0.05) is 49.6 Å². The molecule has 1 aliphatic rings. The Kier molecular flexibility index (Phi) is 7.23. The maximum atomic E-state index is 12.5. The average molecular weight is 404 g/mol. The molecule has 0 unspecified atom stereocenters. The maximum Gasteiger partial charge on any atom is 0.335 e. The number of ether oxygens (including phenoxy) is 1. The van der Waals surface area contributed by atoms with Crippen LogP contribution in [0.15, 0.2) is 54.1 Å². The Bertz CT molecular complexity index is 967. The van der Waals surface area contributed by atoms with Crippen molar-refractivity contribution in [3.05, 3.63) is 70.8 Å². The van der Waals surface area contributed by atoms with Gasteiger partial charge in [0.25, 0.3) is 5.91 Å². The summed E-state index contributed by atoms with van der Waals surface area (Å²) >= 11 is 0. The molecule has 1 aliphatic carbocycles. The minimum absolute atomic E-state index is 0.0439. The van der Waals surface area contributed by atoms with E-state index in [4.69, 9.17) is 9.84 Å². The van der Waals surface area contributed by atoms with Crippen LogP contribution in [-0.4, -0.2) is 23.0 Å². The summed E-state index contributed by atoms with van der Waals surface area (Å²) in [4.78, 5) is 23.5. The van der Waals surface area contributed by atoms with Crippen molar-refractivity contribution < 1.29 is 19.4 Å². The van der Waals surface area contributed by atoms with Crippen molar-refractivity contribution in [2.45, 2.75) is 44.8 Å². The van der Waals surface area contributed by atoms with Crippen LogP contribution >= 0.6 is 0 Å². The van der Waals surface area contributed by atoms with E-state index in [2.05, 4.69) is 5.32 Å². The van der Waals surface area contributed by atoms with Gasteiger partial charge in [0.05, 0.1) is 5.56 Å². The maximum absolute atomic E-state index is 12.5. The van der Waals surface area contributed by atoms with E-state index in [9.17, 15) is 14.9 Å². The molecule has 0 heterocycles. The molecule has 0 saturated heterocycles. The molecule has 0 bridgehead atoms. The number of nitrogens with one attached hydrogen (secondary N) is 1. The Balaban J connectivity index is 1.70. The summed E-state index contributed by atoms with van der Waals surface area (Å²) < 4.78 is 5.87. The summed E-state index contributed by atoms with van der Waals surface area (Å²) in [5, 5.41) is 21.4. The van der Waals surface area contributed by atoms with E-state index in [0.29, 0.717) is 11.3 Å². The largest absolute Gasteiger partial charge is 0.488 e. The lowest BCUT2D eigenvalue weighted by Gasteiger charge is -2.22. The van der Waals surface area contributed by atoms with Gasteiger partial charge in [0, 0.05) is 11.6 Å². The number of nitrogens with zero attached hydrogens (tertiary/aromatic N) is 1. The van der Waals surface area contributed by atoms with E-state index >= 15 is 0 Å². The number of carbonyl (C=O) groups is 2. The third kappa shape index (κ3) is 5.71. The molecule has 1 fully saturated rings. The van der Waals surface area contributed by atoms with Crippen molar-refractivity contribution in [3.8, 4) is 11.8 Å². The summed E-state index contributed by atoms with van der Waals surface area (Å²) in [6, 6.07) is 15.7. The highest BCUT2D eigenvalue weighted by molar-refractivity contribution is 6.02. The molecular formula is C24H24N2O4. The number of carboxylic acid groups (broad SMARTS) is 1. The number of hydrogen-bond donors (Lipinski definition) is 2. The molecular weight excluding hydrogens is 380 g/mol. The Morgan fingerprint density at radius 3 is 2.47 bits per heavy atom. The van der Waals surface area contributed by atoms with Gasteiger partial charge in [-0.2, -0.15) is 5.26 Å². The highest BCUT2D eigenvalue weighted by Gasteiger charge is 2.18. The number of para-hydroxylation sites is 1. The third-order valence-corrected chi connectivity index (χ3v) is 5.12. The first kappa shape index (κ1) is 21.1. The molecule has 2 N–H and O–H groups in total. The minimum Gasteiger partial charge on any atom is -0.488 e. The van der Waals surface area contributed by atoms with Crippen LogP contribution in [0.3, 0.4) is 0 Å². The lowest BCUT2D eigenvalue weighted by molar-refractivity contribution is -0.117. The number of amides is 1. The fourth-order valence-corrected chi connectivity index (χ4v) is 3.45. The molecule has 1 saturated carbocycles. The van der Waals surface area contributed by atoms with Gasteiger partial charge in [-0.15, -0.1) is 0 Å². The summed E-state index contributed by atoms with van der Waals surface area (Å²) in [5.74, 6) is -0.796. The lowest BCUT2D eigenvalue weighted by Crippen LogP contribution is -2.36. The van der Waals surface area contributed by atoms with E-state index in [0.717, 1.165) is 31.2 Å². The van der Waals surface area contributed by atoms with Gasteiger partial charge in [0.15, 0.2) is 0 Å². The van der Waals surface area contributed by atoms with E-state index in [1.54, 1.807) is 30.3 Å². The zero-order chi connectivity index (χ0) is 21.3. The van der Waals surface area contributed by atoms with Crippen molar-refractivity contribution in [2.75, 3.05) is 0 Å².